The number of methoxy groups -OCH3 is 1. The van der Waals surface area contributed by atoms with Crippen LogP contribution in [0.4, 0.5) is 0 Å². The van der Waals surface area contributed by atoms with E-state index in [1.807, 2.05) is 24.3 Å². The molecule has 0 aromatic heterocycles. The van der Waals surface area contributed by atoms with Gasteiger partial charge in [-0.3, -0.25) is 0 Å². The summed E-state index contributed by atoms with van der Waals surface area (Å²) in [6, 6.07) is 11.3. The van der Waals surface area contributed by atoms with E-state index in [-0.39, 0.29) is 0 Å². The predicted molar refractivity (Wildman–Crippen MR) is 80.3 cm³/mol. The van der Waals surface area contributed by atoms with Crippen molar-refractivity contribution in [3.05, 3.63) is 36.4 Å². The van der Waals surface area contributed by atoms with Crippen molar-refractivity contribution in [1.82, 2.24) is 0 Å². The van der Waals surface area contributed by atoms with E-state index in [9.17, 15) is 0 Å². The van der Waals surface area contributed by atoms with Crippen LogP contribution in [0.5, 0.6) is 5.75 Å². The third kappa shape index (κ3) is 3.39. The highest BCUT2D eigenvalue weighted by atomic mass is 28.4. The van der Waals surface area contributed by atoms with Crippen LogP contribution < -0.4 is 4.74 Å². The van der Waals surface area contributed by atoms with Gasteiger partial charge >= 0.3 is 0 Å². The molecule has 0 saturated heterocycles. The van der Waals surface area contributed by atoms with E-state index in [2.05, 4.69) is 27.4 Å². The summed E-state index contributed by atoms with van der Waals surface area (Å²) < 4.78 is 11.4. The van der Waals surface area contributed by atoms with Gasteiger partial charge in [0.15, 0.2) is 0 Å². The van der Waals surface area contributed by atoms with Crippen LogP contribution >= 0.6 is 0 Å². The molecule has 1 rings (SSSR count). The number of hydrogen-bond acceptors (Lipinski definition) is 2. The van der Waals surface area contributed by atoms with Gasteiger partial charge in [-0.05, 0) is 42.4 Å². The minimum Gasteiger partial charge on any atom is -0.544 e. The second-order valence-corrected chi connectivity index (χ2v) is 9.19. The number of ether oxygens (including phenoxy) is 1. The van der Waals surface area contributed by atoms with Crippen LogP contribution in [0, 0.1) is 0 Å². The molecule has 1 aromatic carbocycles. The molecule has 2 nitrogen and oxygen atoms in total. The fourth-order valence-electron chi connectivity index (χ4n) is 2.06. The molecule has 0 fully saturated rings. The van der Waals surface area contributed by atoms with E-state index in [1.165, 1.54) is 0 Å². The van der Waals surface area contributed by atoms with Gasteiger partial charge in [0.25, 0.3) is 0 Å². The Hall–Kier alpha value is -1.22. The maximum atomic E-state index is 6.25. The zero-order valence-corrected chi connectivity index (χ0v) is 13.0. The topological polar surface area (TPSA) is 18.5 Å². The summed E-state index contributed by atoms with van der Waals surface area (Å²) in [7, 11) is 0.0542. The van der Waals surface area contributed by atoms with Crippen LogP contribution in [0.15, 0.2) is 30.8 Å². The maximum absolute atomic E-state index is 6.25. The number of hydrogen-bond donors (Lipinski definition) is 0. The monoisotopic (exact) mass is 264 g/mol. The zero-order valence-electron chi connectivity index (χ0n) is 12.0. The average molecular weight is 264 g/mol. The SMILES string of the molecule is C=C(O[Si](CC)(CC)CC)c1ccc(OC)cc1. The Kier molecular flexibility index (Phi) is 5.47. The third-order valence-electron chi connectivity index (χ3n) is 3.68. The van der Waals surface area contributed by atoms with Crippen LogP contribution in [-0.4, -0.2) is 15.4 Å². The Morgan fingerprint density at radius 3 is 1.94 bits per heavy atom. The first-order valence-corrected chi connectivity index (χ1v) is 9.16. The van der Waals surface area contributed by atoms with Gasteiger partial charge in [0, 0.05) is 5.56 Å². The van der Waals surface area contributed by atoms with Gasteiger partial charge in [-0.15, -0.1) is 0 Å². The molecule has 0 spiro atoms. The van der Waals surface area contributed by atoms with Crippen LogP contribution in [0.2, 0.25) is 18.1 Å². The van der Waals surface area contributed by atoms with Gasteiger partial charge in [0.1, 0.15) is 11.5 Å². The highest BCUT2D eigenvalue weighted by Gasteiger charge is 2.31. The Balaban J connectivity index is 2.80. The quantitative estimate of drug-likeness (QED) is 0.525. The molecule has 0 N–H and O–H groups in total. The van der Waals surface area contributed by atoms with E-state index in [0.717, 1.165) is 35.2 Å². The molecule has 0 atom stereocenters. The van der Waals surface area contributed by atoms with E-state index in [4.69, 9.17) is 9.16 Å². The Morgan fingerprint density at radius 1 is 1.06 bits per heavy atom. The van der Waals surface area contributed by atoms with Crippen molar-refractivity contribution in [1.29, 1.82) is 0 Å². The fraction of sp³-hybridized carbons (Fsp3) is 0.467. The fourth-order valence-corrected chi connectivity index (χ4v) is 4.64. The summed E-state index contributed by atoms with van der Waals surface area (Å²) in [5.74, 6) is 1.66. The van der Waals surface area contributed by atoms with Crippen molar-refractivity contribution in [3.63, 3.8) is 0 Å². The van der Waals surface area contributed by atoms with Crippen LogP contribution in [-0.2, 0) is 4.43 Å². The molecular formula is C15H24O2Si. The van der Waals surface area contributed by atoms with Crippen molar-refractivity contribution < 1.29 is 9.16 Å². The van der Waals surface area contributed by atoms with Gasteiger partial charge in [-0.2, -0.15) is 0 Å². The summed E-state index contributed by atoms with van der Waals surface area (Å²) in [4.78, 5) is 0. The second kappa shape index (κ2) is 6.64. The predicted octanol–water partition coefficient (Wildman–Crippen LogP) is 4.69. The summed E-state index contributed by atoms with van der Waals surface area (Å²) in [6.07, 6.45) is 0. The van der Waals surface area contributed by atoms with Gasteiger partial charge in [0.2, 0.25) is 8.32 Å². The number of benzene rings is 1. The van der Waals surface area contributed by atoms with Crippen molar-refractivity contribution in [2.24, 2.45) is 0 Å². The molecule has 18 heavy (non-hydrogen) atoms. The lowest BCUT2D eigenvalue weighted by Crippen LogP contribution is -2.34. The molecule has 0 aliphatic heterocycles. The molecule has 0 radical (unpaired) electrons. The molecule has 0 unspecified atom stereocenters. The molecule has 0 aliphatic carbocycles. The first-order chi connectivity index (χ1) is 8.60. The van der Waals surface area contributed by atoms with Crippen molar-refractivity contribution in [3.8, 4) is 5.75 Å². The van der Waals surface area contributed by atoms with Gasteiger partial charge in [-0.1, -0.05) is 27.4 Å². The van der Waals surface area contributed by atoms with Crippen LogP contribution in [0.25, 0.3) is 5.76 Å². The van der Waals surface area contributed by atoms with Gasteiger partial charge in [0.05, 0.1) is 7.11 Å². The smallest absolute Gasteiger partial charge is 0.250 e. The standard InChI is InChI=1S/C15H24O2Si/c1-6-18(7-2,8-3)17-13(4)14-9-11-15(16-5)12-10-14/h9-12H,4,6-8H2,1-3,5H3. The summed E-state index contributed by atoms with van der Waals surface area (Å²) >= 11 is 0. The Morgan fingerprint density at radius 2 is 1.56 bits per heavy atom. The first kappa shape index (κ1) is 14.8. The number of rotatable bonds is 7. The molecule has 100 valence electrons. The Bertz CT molecular complexity index is 372. The van der Waals surface area contributed by atoms with Crippen molar-refractivity contribution in [2.75, 3.05) is 7.11 Å². The third-order valence-corrected chi connectivity index (χ3v) is 8.23. The van der Waals surface area contributed by atoms with Gasteiger partial charge in [-0.25, -0.2) is 0 Å². The van der Waals surface area contributed by atoms with E-state index in [0.29, 0.717) is 0 Å². The summed E-state index contributed by atoms with van der Waals surface area (Å²) in [5, 5.41) is 0. The normalized spacial score (nSPS) is 11.1. The molecule has 0 amide bonds. The minimum absolute atomic E-state index is 0.801. The van der Waals surface area contributed by atoms with E-state index < -0.39 is 8.32 Å². The molecule has 1 aromatic rings. The van der Waals surface area contributed by atoms with Crippen LogP contribution in [0.3, 0.4) is 0 Å². The maximum Gasteiger partial charge on any atom is 0.250 e. The second-order valence-electron chi connectivity index (χ2n) is 4.50. The van der Waals surface area contributed by atoms with Gasteiger partial charge < -0.3 is 9.16 Å². The van der Waals surface area contributed by atoms with E-state index in [1.54, 1.807) is 7.11 Å². The largest absolute Gasteiger partial charge is 0.544 e. The molecule has 0 bridgehead atoms. The molecule has 0 heterocycles. The lowest BCUT2D eigenvalue weighted by atomic mass is 10.2. The minimum atomic E-state index is -1.62. The summed E-state index contributed by atoms with van der Waals surface area (Å²) in [5.41, 5.74) is 1.04. The Labute approximate surface area is 112 Å². The summed E-state index contributed by atoms with van der Waals surface area (Å²) in [6.45, 7) is 10.7. The van der Waals surface area contributed by atoms with Crippen molar-refractivity contribution >= 4 is 14.1 Å². The van der Waals surface area contributed by atoms with Crippen molar-refractivity contribution in [2.45, 2.75) is 38.9 Å². The highest BCUT2D eigenvalue weighted by Crippen LogP contribution is 2.28. The molecule has 3 heteroatoms. The lowest BCUT2D eigenvalue weighted by molar-refractivity contribution is 0.414. The molecule has 0 aliphatic rings. The average Bonchev–Trinajstić information content (AvgIpc) is 2.45. The molecule has 0 saturated carbocycles. The molecular weight excluding hydrogens is 240 g/mol. The lowest BCUT2D eigenvalue weighted by Gasteiger charge is -2.30. The zero-order chi connectivity index (χ0) is 13.6. The highest BCUT2D eigenvalue weighted by molar-refractivity contribution is 6.74. The van der Waals surface area contributed by atoms with Crippen LogP contribution in [0.1, 0.15) is 26.3 Å². The van der Waals surface area contributed by atoms with E-state index >= 15 is 0 Å². The first-order valence-electron chi connectivity index (χ1n) is 6.63.